The Kier molecular flexibility index (Phi) is 49.9. The smallest absolute Gasteiger partial charge is 0.306 e. The van der Waals surface area contributed by atoms with Crippen LogP contribution in [0.1, 0.15) is 258 Å². The highest BCUT2D eigenvalue weighted by Gasteiger charge is 2.19. The molecule has 6 nitrogen and oxygen atoms in total. The van der Waals surface area contributed by atoms with E-state index in [0.717, 1.165) is 103 Å². The summed E-state index contributed by atoms with van der Waals surface area (Å²) in [6.07, 6.45) is 66.0. The molecule has 1 atom stereocenters. The summed E-state index contributed by atoms with van der Waals surface area (Å²) in [5.74, 6) is -0.923. The largest absolute Gasteiger partial charge is 0.462 e. The van der Waals surface area contributed by atoms with Gasteiger partial charge in [-0.1, -0.05) is 203 Å². The Balaban J connectivity index is 4.42. The Morgan fingerprint density at radius 2 is 0.609 bits per heavy atom. The fraction of sp³-hybridized carbons (Fsp3) is 0.741. The Bertz CT molecular complexity index is 1210. The van der Waals surface area contributed by atoms with Crippen molar-refractivity contribution in [2.75, 3.05) is 13.2 Å². The van der Waals surface area contributed by atoms with Crippen LogP contribution in [-0.4, -0.2) is 37.2 Å². The second-order valence-electron chi connectivity index (χ2n) is 17.7. The maximum Gasteiger partial charge on any atom is 0.306 e. The number of hydrogen-bond acceptors (Lipinski definition) is 6. The van der Waals surface area contributed by atoms with Gasteiger partial charge in [-0.2, -0.15) is 0 Å². The van der Waals surface area contributed by atoms with E-state index in [-0.39, 0.29) is 31.1 Å². The van der Waals surface area contributed by atoms with Crippen LogP contribution in [0.25, 0.3) is 0 Å². The van der Waals surface area contributed by atoms with E-state index in [9.17, 15) is 14.4 Å². The van der Waals surface area contributed by atoms with Crippen LogP contribution >= 0.6 is 0 Å². The van der Waals surface area contributed by atoms with E-state index in [4.69, 9.17) is 14.2 Å². The Hall–Kier alpha value is -3.15. The van der Waals surface area contributed by atoms with Crippen molar-refractivity contribution in [1.29, 1.82) is 0 Å². The third-order valence-corrected chi connectivity index (χ3v) is 11.4. The lowest BCUT2D eigenvalue weighted by Gasteiger charge is -2.18. The third kappa shape index (κ3) is 49.9. The van der Waals surface area contributed by atoms with Gasteiger partial charge in [0.25, 0.3) is 0 Å². The van der Waals surface area contributed by atoms with Crippen LogP contribution in [0.4, 0.5) is 0 Å². The number of ether oxygens (including phenoxy) is 3. The summed E-state index contributed by atoms with van der Waals surface area (Å²) in [6, 6.07) is 0. The van der Waals surface area contributed by atoms with Gasteiger partial charge in [0.15, 0.2) is 6.10 Å². The molecule has 0 aliphatic carbocycles. The molecule has 0 saturated carbocycles. The predicted molar refractivity (Wildman–Crippen MR) is 274 cm³/mol. The molecule has 0 rings (SSSR count). The molecule has 0 radical (unpaired) electrons. The topological polar surface area (TPSA) is 78.9 Å². The van der Waals surface area contributed by atoms with Gasteiger partial charge in [0.2, 0.25) is 0 Å². The summed E-state index contributed by atoms with van der Waals surface area (Å²) in [5, 5.41) is 0. The molecule has 0 amide bonds. The van der Waals surface area contributed by atoms with Crippen molar-refractivity contribution in [2.24, 2.45) is 0 Å². The molecule has 0 aromatic carbocycles. The maximum absolute atomic E-state index is 12.8. The van der Waals surface area contributed by atoms with E-state index < -0.39 is 6.10 Å². The lowest BCUT2D eigenvalue weighted by atomic mass is 10.1. The van der Waals surface area contributed by atoms with Crippen LogP contribution in [0.5, 0.6) is 0 Å². The van der Waals surface area contributed by atoms with E-state index in [2.05, 4.69) is 93.7 Å². The number of carbonyl (C=O) groups excluding carboxylic acids is 3. The normalized spacial score (nSPS) is 12.6. The van der Waals surface area contributed by atoms with Crippen molar-refractivity contribution < 1.29 is 28.6 Å². The highest BCUT2D eigenvalue weighted by Crippen LogP contribution is 2.14. The van der Waals surface area contributed by atoms with Gasteiger partial charge in [-0.25, -0.2) is 0 Å². The molecule has 0 spiro atoms. The zero-order chi connectivity index (χ0) is 46.5. The number of unbranched alkanes of at least 4 members (excludes halogenated alkanes) is 25. The highest BCUT2D eigenvalue weighted by atomic mass is 16.6. The third-order valence-electron chi connectivity index (χ3n) is 11.4. The first-order valence-electron chi connectivity index (χ1n) is 26.9. The fourth-order valence-electron chi connectivity index (χ4n) is 7.36. The average Bonchev–Trinajstić information content (AvgIpc) is 3.29. The number of carbonyl (C=O) groups is 3. The minimum Gasteiger partial charge on any atom is -0.462 e. The summed E-state index contributed by atoms with van der Waals surface area (Å²) in [4.78, 5) is 38.0. The summed E-state index contributed by atoms with van der Waals surface area (Å²) < 4.78 is 16.8. The first kappa shape index (κ1) is 60.9. The maximum atomic E-state index is 12.8. The fourth-order valence-corrected chi connectivity index (χ4v) is 7.36. The number of rotatable bonds is 48. The average molecular weight is 893 g/mol. The number of esters is 3. The molecule has 0 aliphatic rings. The van der Waals surface area contributed by atoms with Crippen LogP contribution < -0.4 is 0 Å². The van der Waals surface area contributed by atoms with E-state index in [1.54, 1.807) is 0 Å². The van der Waals surface area contributed by atoms with Gasteiger partial charge in [0, 0.05) is 19.3 Å². The van der Waals surface area contributed by atoms with Crippen molar-refractivity contribution in [1.82, 2.24) is 0 Å². The zero-order valence-electron chi connectivity index (χ0n) is 42.0. The molecule has 0 heterocycles. The van der Waals surface area contributed by atoms with Crippen molar-refractivity contribution in [2.45, 2.75) is 264 Å². The van der Waals surface area contributed by atoms with Gasteiger partial charge in [-0.3, -0.25) is 14.4 Å². The lowest BCUT2D eigenvalue weighted by Crippen LogP contribution is -2.30. The van der Waals surface area contributed by atoms with Crippen LogP contribution in [0.2, 0.25) is 0 Å². The van der Waals surface area contributed by atoms with Crippen LogP contribution in [0.15, 0.2) is 72.9 Å². The molecule has 0 saturated heterocycles. The first-order chi connectivity index (χ1) is 31.5. The number of hydrogen-bond donors (Lipinski definition) is 0. The van der Waals surface area contributed by atoms with Crippen molar-refractivity contribution in [3.05, 3.63) is 72.9 Å². The molecule has 1 unspecified atom stereocenters. The van der Waals surface area contributed by atoms with E-state index in [1.807, 2.05) is 0 Å². The van der Waals surface area contributed by atoms with Crippen LogP contribution in [0.3, 0.4) is 0 Å². The van der Waals surface area contributed by atoms with Gasteiger partial charge < -0.3 is 14.2 Å². The SMILES string of the molecule is CC/C=C\C/C=C\C/C=C\C/C=C\CCCCCCC(=O)OCC(COC(=O)CCCCCCC/C=C\CCCCC)OC(=O)CCCCCCCCC/C=C\CCCCCCCC. The summed E-state index contributed by atoms with van der Waals surface area (Å²) >= 11 is 0. The van der Waals surface area contributed by atoms with Gasteiger partial charge in [-0.05, 0) is 109 Å². The Morgan fingerprint density at radius 1 is 0.328 bits per heavy atom. The molecular formula is C58H100O6. The van der Waals surface area contributed by atoms with Crippen molar-refractivity contribution in [3.8, 4) is 0 Å². The second kappa shape index (κ2) is 52.5. The standard InChI is InChI=1S/C58H100O6/c1-4-7-10-13-16-19-22-25-27-29-31-33-36-39-42-45-48-51-57(60)63-54-55(53-62-56(59)50-47-44-41-38-35-24-21-18-15-12-9-6-3)64-58(61)52-49-46-43-40-37-34-32-30-28-26-23-20-17-14-11-8-5-2/h7,10,16,18-19,21,25-28,31,33,55H,4-6,8-9,11-15,17,20,22-24,29-30,32,34-54H2,1-3H3/b10-7-,19-16-,21-18-,27-25-,28-26-,33-31-. The molecule has 0 aliphatic heterocycles. The van der Waals surface area contributed by atoms with Crippen LogP contribution in [0, 0.1) is 0 Å². The van der Waals surface area contributed by atoms with Gasteiger partial charge >= 0.3 is 17.9 Å². The minimum atomic E-state index is -0.790. The quantitative estimate of drug-likeness (QED) is 0.0262. The van der Waals surface area contributed by atoms with Crippen LogP contribution in [-0.2, 0) is 28.6 Å². The van der Waals surface area contributed by atoms with Gasteiger partial charge in [0.1, 0.15) is 13.2 Å². The second-order valence-corrected chi connectivity index (χ2v) is 17.7. The molecule has 64 heavy (non-hydrogen) atoms. The van der Waals surface area contributed by atoms with E-state index in [0.29, 0.717) is 19.3 Å². The molecule has 0 aromatic heterocycles. The minimum absolute atomic E-state index is 0.0893. The van der Waals surface area contributed by atoms with Gasteiger partial charge in [0.05, 0.1) is 0 Å². The van der Waals surface area contributed by atoms with E-state index >= 15 is 0 Å². The zero-order valence-corrected chi connectivity index (χ0v) is 42.0. The first-order valence-corrected chi connectivity index (χ1v) is 26.9. The summed E-state index contributed by atoms with van der Waals surface area (Å²) in [5.41, 5.74) is 0. The molecule has 0 fully saturated rings. The molecule has 0 N–H and O–H groups in total. The monoisotopic (exact) mass is 893 g/mol. The number of allylic oxidation sites excluding steroid dienone is 12. The molecule has 0 bridgehead atoms. The highest BCUT2D eigenvalue weighted by molar-refractivity contribution is 5.71. The molecular weight excluding hydrogens is 793 g/mol. The van der Waals surface area contributed by atoms with E-state index in [1.165, 1.54) is 116 Å². The van der Waals surface area contributed by atoms with Crippen molar-refractivity contribution in [3.63, 3.8) is 0 Å². The molecule has 6 heteroatoms. The Morgan fingerprint density at radius 3 is 1.00 bits per heavy atom. The van der Waals surface area contributed by atoms with Gasteiger partial charge in [-0.15, -0.1) is 0 Å². The van der Waals surface area contributed by atoms with Crippen molar-refractivity contribution >= 4 is 17.9 Å². The Labute approximate surface area is 395 Å². The summed E-state index contributed by atoms with van der Waals surface area (Å²) in [6.45, 7) is 6.47. The predicted octanol–water partition coefficient (Wildman–Crippen LogP) is 17.8. The summed E-state index contributed by atoms with van der Waals surface area (Å²) in [7, 11) is 0. The lowest BCUT2D eigenvalue weighted by molar-refractivity contribution is -0.167. The molecule has 0 aromatic rings. The molecule has 368 valence electrons.